The summed E-state index contributed by atoms with van der Waals surface area (Å²) >= 11 is 0. The lowest BCUT2D eigenvalue weighted by atomic mass is 9.79. The van der Waals surface area contributed by atoms with Crippen molar-refractivity contribution in [2.75, 3.05) is 6.54 Å². The Morgan fingerprint density at radius 1 is 1.11 bits per heavy atom. The molecule has 1 aromatic heterocycles. The molecule has 0 aliphatic carbocycles. The molecule has 0 aliphatic heterocycles. The van der Waals surface area contributed by atoms with Gasteiger partial charge in [0.1, 0.15) is 5.41 Å². The Morgan fingerprint density at radius 3 is 2.39 bits per heavy atom. The third-order valence-electron chi connectivity index (χ3n) is 3.07. The van der Waals surface area contributed by atoms with Crippen LogP contribution in [0.1, 0.15) is 11.3 Å². The standard InChI is InChI=1S/C15H15N3/c16-11-15(12-17,14-8-4-5-9-18-14)10-13-6-2-1-3-7-13/h1-9H,10-11,16H2. The van der Waals surface area contributed by atoms with E-state index < -0.39 is 5.41 Å². The van der Waals surface area contributed by atoms with E-state index in [9.17, 15) is 5.26 Å². The van der Waals surface area contributed by atoms with Crippen LogP contribution in [0.15, 0.2) is 54.7 Å². The molecule has 0 bridgehead atoms. The lowest BCUT2D eigenvalue weighted by Crippen LogP contribution is -2.36. The van der Waals surface area contributed by atoms with Gasteiger partial charge in [-0.3, -0.25) is 4.98 Å². The molecule has 3 nitrogen and oxygen atoms in total. The van der Waals surface area contributed by atoms with Gasteiger partial charge in [-0.1, -0.05) is 36.4 Å². The highest BCUT2D eigenvalue weighted by Crippen LogP contribution is 2.25. The first-order chi connectivity index (χ1) is 8.80. The van der Waals surface area contributed by atoms with Crippen LogP contribution in [-0.4, -0.2) is 11.5 Å². The number of nitrogens with two attached hydrogens (primary N) is 1. The van der Waals surface area contributed by atoms with Crippen molar-refractivity contribution in [1.29, 1.82) is 5.26 Å². The van der Waals surface area contributed by atoms with E-state index in [1.807, 2.05) is 48.5 Å². The van der Waals surface area contributed by atoms with Crippen LogP contribution in [0.2, 0.25) is 0 Å². The number of nitriles is 1. The lowest BCUT2D eigenvalue weighted by molar-refractivity contribution is 0.540. The maximum Gasteiger partial charge on any atom is 0.115 e. The van der Waals surface area contributed by atoms with E-state index in [-0.39, 0.29) is 6.54 Å². The summed E-state index contributed by atoms with van der Waals surface area (Å²) in [6.07, 6.45) is 2.28. The molecule has 0 saturated carbocycles. The molecule has 0 saturated heterocycles. The highest BCUT2D eigenvalue weighted by molar-refractivity contribution is 5.32. The minimum Gasteiger partial charge on any atom is -0.328 e. The topological polar surface area (TPSA) is 62.7 Å². The van der Waals surface area contributed by atoms with Crippen molar-refractivity contribution in [3.05, 3.63) is 66.0 Å². The van der Waals surface area contributed by atoms with E-state index >= 15 is 0 Å². The fraction of sp³-hybridized carbons (Fsp3) is 0.200. The zero-order chi connectivity index (χ0) is 12.8. The maximum absolute atomic E-state index is 9.52. The van der Waals surface area contributed by atoms with Gasteiger partial charge in [0.25, 0.3) is 0 Å². The van der Waals surface area contributed by atoms with Crippen molar-refractivity contribution in [1.82, 2.24) is 4.98 Å². The number of hydrogen-bond donors (Lipinski definition) is 1. The first-order valence-electron chi connectivity index (χ1n) is 5.87. The van der Waals surface area contributed by atoms with E-state index in [2.05, 4.69) is 11.1 Å². The van der Waals surface area contributed by atoms with E-state index in [4.69, 9.17) is 5.73 Å². The van der Waals surface area contributed by atoms with Gasteiger partial charge >= 0.3 is 0 Å². The van der Waals surface area contributed by atoms with Crippen LogP contribution in [0.3, 0.4) is 0 Å². The first-order valence-corrected chi connectivity index (χ1v) is 5.87. The fourth-order valence-corrected chi connectivity index (χ4v) is 2.00. The van der Waals surface area contributed by atoms with Gasteiger partial charge in [-0.15, -0.1) is 0 Å². The smallest absolute Gasteiger partial charge is 0.115 e. The Kier molecular flexibility index (Phi) is 3.71. The molecule has 1 unspecified atom stereocenters. The summed E-state index contributed by atoms with van der Waals surface area (Å²) in [6.45, 7) is 0.259. The molecule has 2 N–H and O–H groups in total. The molecule has 0 fully saturated rings. The van der Waals surface area contributed by atoms with Gasteiger partial charge in [0.2, 0.25) is 0 Å². The van der Waals surface area contributed by atoms with E-state index in [1.54, 1.807) is 6.20 Å². The van der Waals surface area contributed by atoms with Crippen LogP contribution in [0.25, 0.3) is 0 Å². The molecule has 0 radical (unpaired) electrons. The Bertz CT molecular complexity index is 531. The molecular weight excluding hydrogens is 222 g/mol. The average molecular weight is 237 g/mol. The van der Waals surface area contributed by atoms with Gasteiger partial charge < -0.3 is 5.73 Å². The average Bonchev–Trinajstić information content (AvgIpc) is 2.47. The normalized spacial score (nSPS) is 13.6. The van der Waals surface area contributed by atoms with Crippen LogP contribution in [0.5, 0.6) is 0 Å². The molecule has 2 rings (SSSR count). The number of hydrogen-bond acceptors (Lipinski definition) is 3. The van der Waals surface area contributed by atoms with Crippen molar-refractivity contribution >= 4 is 0 Å². The second-order valence-electron chi connectivity index (χ2n) is 4.28. The molecule has 90 valence electrons. The maximum atomic E-state index is 9.52. The molecule has 0 spiro atoms. The largest absolute Gasteiger partial charge is 0.328 e. The summed E-state index contributed by atoms with van der Waals surface area (Å²) in [5.74, 6) is 0. The zero-order valence-corrected chi connectivity index (χ0v) is 10.1. The Hall–Kier alpha value is -2.18. The number of pyridine rings is 1. The third-order valence-corrected chi connectivity index (χ3v) is 3.07. The van der Waals surface area contributed by atoms with Gasteiger partial charge in [0.05, 0.1) is 11.8 Å². The zero-order valence-electron chi connectivity index (χ0n) is 10.1. The summed E-state index contributed by atoms with van der Waals surface area (Å²) in [5.41, 5.74) is 6.92. The Labute approximate surface area is 107 Å². The molecule has 0 amide bonds. The van der Waals surface area contributed by atoms with Crippen molar-refractivity contribution in [3.63, 3.8) is 0 Å². The summed E-state index contributed by atoms with van der Waals surface area (Å²) in [7, 11) is 0. The van der Waals surface area contributed by atoms with E-state index in [0.717, 1.165) is 11.3 Å². The van der Waals surface area contributed by atoms with Crippen molar-refractivity contribution in [2.45, 2.75) is 11.8 Å². The molecule has 1 aromatic carbocycles. The first kappa shape index (κ1) is 12.3. The third kappa shape index (κ3) is 2.39. The molecule has 3 heteroatoms. The highest BCUT2D eigenvalue weighted by atomic mass is 14.7. The Balaban J connectivity index is 2.37. The van der Waals surface area contributed by atoms with Crippen LogP contribution in [0.4, 0.5) is 0 Å². The van der Waals surface area contributed by atoms with Crippen molar-refractivity contribution < 1.29 is 0 Å². The molecule has 18 heavy (non-hydrogen) atoms. The van der Waals surface area contributed by atoms with Gasteiger partial charge in [-0.05, 0) is 24.1 Å². The number of nitrogens with zero attached hydrogens (tertiary/aromatic N) is 2. The number of rotatable bonds is 4. The lowest BCUT2D eigenvalue weighted by Gasteiger charge is -2.24. The van der Waals surface area contributed by atoms with Crippen molar-refractivity contribution in [2.24, 2.45) is 5.73 Å². The predicted molar refractivity (Wildman–Crippen MR) is 70.7 cm³/mol. The van der Waals surface area contributed by atoms with E-state index in [0.29, 0.717) is 6.42 Å². The summed E-state index contributed by atoms with van der Waals surface area (Å²) in [6, 6.07) is 17.8. The molecular formula is C15H15N3. The molecule has 1 heterocycles. The summed E-state index contributed by atoms with van der Waals surface area (Å²) in [4.78, 5) is 4.29. The summed E-state index contributed by atoms with van der Waals surface area (Å²) in [5, 5.41) is 9.52. The minimum absolute atomic E-state index is 0.259. The van der Waals surface area contributed by atoms with Gasteiger partial charge in [0, 0.05) is 12.7 Å². The molecule has 0 aliphatic rings. The second kappa shape index (κ2) is 5.44. The van der Waals surface area contributed by atoms with Gasteiger partial charge in [-0.25, -0.2) is 0 Å². The number of aromatic nitrogens is 1. The SMILES string of the molecule is N#CC(CN)(Cc1ccccc1)c1ccccn1. The van der Waals surface area contributed by atoms with Crippen LogP contribution < -0.4 is 5.73 Å². The highest BCUT2D eigenvalue weighted by Gasteiger charge is 2.32. The van der Waals surface area contributed by atoms with Crippen LogP contribution in [-0.2, 0) is 11.8 Å². The predicted octanol–water partition coefficient (Wildman–Crippen LogP) is 2.04. The van der Waals surface area contributed by atoms with E-state index in [1.165, 1.54) is 0 Å². The van der Waals surface area contributed by atoms with Gasteiger partial charge in [-0.2, -0.15) is 5.26 Å². The quantitative estimate of drug-likeness (QED) is 0.885. The van der Waals surface area contributed by atoms with Crippen molar-refractivity contribution in [3.8, 4) is 6.07 Å². The fourth-order valence-electron chi connectivity index (χ4n) is 2.00. The number of benzene rings is 1. The van der Waals surface area contributed by atoms with Crippen LogP contribution >= 0.6 is 0 Å². The van der Waals surface area contributed by atoms with Gasteiger partial charge in [0.15, 0.2) is 0 Å². The summed E-state index contributed by atoms with van der Waals surface area (Å²) < 4.78 is 0. The Morgan fingerprint density at radius 2 is 1.83 bits per heavy atom. The molecule has 1 atom stereocenters. The monoisotopic (exact) mass is 237 g/mol. The second-order valence-corrected chi connectivity index (χ2v) is 4.28. The molecule has 2 aromatic rings. The minimum atomic E-state index is -0.747. The van der Waals surface area contributed by atoms with Crippen LogP contribution in [0, 0.1) is 11.3 Å².